The molecule has 8 nitrogen and oxygen atoms in total. The second-order valence-electron chi connectivity index (χ2n) is 7.05. The number of anilines is 1. The monoisotopic (exact) mass is 449 g/mol. The van der Waals surface area contributed by atoms with Crippen LogP contribution in [0.1, 0.15) is 26.3 Å². The van der Waals surface area contributed by atoms with Gasteiger partial charge in [0.25, 0.3) is 11.8 Å². The lowest BCUT2D eigenvalue weighted by Gasteiger charge is -2.37. The van der Waals surface area contributed by atoms with Gasteiger partial charge < -0.3 is 26.0 Å². The summed E-state index contributed by atoms with van der Waals surface area (Å²) in [5.41, 5.74) is 9.33. The Morgan fingerprint density at radius 3 is 2.28 bits per heavy atom. The molecule has 0 aliphatic carbocycles. The predicted octanol–water partition coefficient (Wildman–Crippen LogP) is 2.09. The molecule has 0 atom stereocenters. The van der Waals surface area contributed by atoms with Gasteiger partial charge in [0.05, 0.1) is 18.2 Å². The summed E-state index contributed by atoms with van der Waals surface area (Å²) >= 11 is 0. The van der Waals surface area contributed by atoms with Gasteiger partial charge in [0, 0.05) is 37.4 Å². The molecule has 0 aromatic heterocycles. The normalized spacial score (nSPS) is 14.1. The second kappa shape index (κ2) is 9.16. The average Bonchev–Trinajstić information content (AvgIpc) is 2.77. The number of piperazine rings is 1. The Labute approximate surface area is 182 Å². The third kappa shape index (κ3) is 4.93. The van der Waals surface area contributed by atoms with Gasteiger partial charge in [-0.3, -0.25) is 9.59 Å². The van der Waals surface area contributed by atoms with Crippen molar-refractivity contribution in [1.82, 2.24) is 4.90 Å². The highest BCUT2D eigenvalue weighted by molar-refractivity contribution is 6.02. The molecular weight excluding hydrogens is 427 g/mol. The zero-order valence-electron chi connectivity index (χ0n) is 17.2. The molecular formula is C21H22F3N5O3. The quantitative estimate of drug-likeness (QED) is 0.546. The van der Waals surface area contributed by atoms with E-state index in [0.29, 0.717) is 11.3 Å². The fourth-order valence-electron chi connectivity index (χ4n) is 3.50. The maximum atomic E-state index is 13.7. The third-order valence-electron chi connectivity index (χ3n) is 5.02. The summed E-state index contributed by atoms with van der Waals surface area (Å²) in [6, 6.07) is 9.96. The number of methoxy groups -OCH3 is 1. The molecule has 1 aliphatic heterocycles. The van der Waals surface area contributed by atoms with Crippen LogP contribution in [0.4, 0.5) is 18.9 Å². The SMILES string of the molecule is COc1ccccc1C(=O)N1CCN(c2ccc(C(=O)N=C(N)N)cc2C(F)(F)F)CC1. The molecule has 32 heavy (non-hydrogen) atoms. The molecule has 1 aliphatic rings. The molecule has 2 amide bonds. The fourth-order valence-corrected chi connectivity index (χ4v) is 3.50. The number of aliphatic imine (C=N–C) groups is 1. The maximum Gasteiger partial charge on any atom is 0.418 e. The van der Waals surface area contributed by atoms with Gasteiger partial charge in [0.1, 0.15) is 5.75 Å². The zero-order valence-corrected chi connectivity index (χ0v) is 17.2. The van der Waals surface area contributed by atoms with E-state index >= 15 is 0 Å². The van der Waals surface area contributed by atoms with Crippen LogP contribution < -0.4 is 21.1 Å². The number of amides is 2. The van der Waals surface area contributed by atoms with Crippen molar-refractivity contribution in [2.75, 3.05) is 38.2 Å². The lowest BCUT2D eigenvalue weighted by molar-refractivity contribution is -0.137. The first kappa shape index (κ1) is 22.9. The smallest absolute Gasteiger partial charge is 0.418 e. The number of guanidine groups is 1. The number of benzene rings is 2. The molecule has 3 rings (SSSR count). The van der Waals surface area contributed by atoms with Crippen LogP contribution in [0.5, 0.6) is 5.75 Å². The number of carbonyl (C=O) groups is 2. The summed E-state index contributed by atoms with van der Waals surface area (Å²) in [4.78, 5) is 31.2. The Hall–Kier alpha value is -3.76. The first-order chi connectivity index (χ1) is 15.1. The zero-order chi connectivity index (χ0) is 23.5. The maximum absolute atomic E-state index is 13.7. The van der Waals surface area contributed by atoms with Crippen molar-refractivity contribution in [2.45, 2.75) is 6.18 Å². The number of nitrogens with two attached hydrogens (primary N) is 2. The minimum absolute atomic E-state index is 0.0804. The van der Waals surface area contributed by atoms with Gasteiger partial charge in [0.15, 0.2) is 5.96 Å². The largest absolute Gasteiger partial charge is 0.496 e. The van der Waals surface area contributed by atoms with E-state index in [-0.39, 0.29) is 43.3 Å². The molecule has 2 aromatic carbocycles. The number of hydrogen-bond acceptors (Lipinski definition) is 4. The van der Waals surface area contributed by atoms with Gasteiger partial charge in [-0.2, -0.15) is 18.2 Å². The molecule has 0 spiro atoms. The van der Waals surface area contributed by atoms with Crippen LogP contribution in [0.25, 0.3) is 0 Å². The summed E-state index contributed by atoms with van der Waals surface area (Å²) in [7, 11) is 1.46. The molecule has 11 heteroatoms. The summed E-state index contributed by atoms with van der Waals surface area (Å²) in [5.74, 6) is -1.32. The van der Waals surface area contributed by atoms with Crippen molar-refractivity contribution in [2.24, 2.45) is 16.5 Å². The van der Waals surface area contributed by atoms with Crippen molar-refractivity contribution >= 4 is 23.5 Å². The number of alkyl halides is 3. The highest BCUT2D eigenvalue weighted by Crippen LogP contribution is 2.38. The van der Waals surface area contributed by atoms with Gasteiger partial charge in [-0.1, -0.05) is 12.1 Å². The van der Waals surface area contributed by atoms with E-state index in [4.69, 9.17) is 16.2 Å². The van der Waals surface area contributed by atoms with Crippen LogP contribution in [0.15, 0.2) is 47.5 Å². The van der Waals surface area contributed by atoms with E-state index < -0.39 is 23.6 Å². The molecule has 1 saturated heterocycles. The average molecular weight is 449 g/mol. The molecule has 0 bridgehead atoms. The number of halogens is 3. The number of para-hydroxylation sites is 1. The Bertz CT molecular complexity index is 1040. The van der Waals surface area contributed by atoms with Crippen LogP contribution in [-0.2, 0) is 6.18 Å². The van der Waals surface area contributed by atoms with Crippen LogP contribution in [0.2, 0.25) is 0 Å². The fraction of sp³-hybridized carbons (Fsp3) is 0.286. The summed E-state index contributed by atoms with van der Waals surface area (Å²) in [5, 5.41) is 0. The Morgan fingerprint density at radius 2 is 1.69 bits per heavy atom. The summed E-state index contributed by atoms with van der Waals surface area (Å²) in [6.07, 6.45) is -4.70. The van der Waals surface area contributed by atoms with Crippen molar-refractivity contribution in [3.8, 4) is 5.75 Å². The first-order valence-electron chi connectivity index (χ1n) is 9.64. The van der Waals surface area contributed by atoms with E-state index in [1.54, 1.807) is 29.2 Å². The van der Waals surface area contributed by atoms with Gasteiger partial charge in [0.2, 0.25) is 0 Å². The van der Waals surface area contributed by atoms with E-state index in [1.165, 1.54) is 24.1 Å². The number of ether oxygens (including phenoxy) is 1. The first-order valence-corrected chi connectivity index (χ1v) is 9.64. The van der Waals surface area contributed by atoms with Crippen LogP contribution in [-0.4, -0.2) is 56.0 Å². The van der Waals surface area contributed by atoms with Crippen LogP contribution in [0.3, 0.4) is 0 Å². The van der Waals surface area contributed by atoms with Gasteiger partial charge in [-0.05, 0) is 30.3 Å². The number of hydrogen-bond donors (Lipinski definition) is 2. The summed E-state index contributed by atoms with van der Waals surface area (Å²) in [6.45, 7) is 0.821. The lowest BCUT2D eigenvalue weighted by Crippen LogP contribution is -2.49. The van der Waals surface area contributed by atoms with E-state index in [9.17, 15) is 22.8 Å². The second-order valence-corrected chi connectivity index (χ2v) is 7.05. The van der Waals surface area contributed by atoms with Gasteiger partial charge >= 0.3 is 6.18 Å². The van der Waals surface area contributed by atoms with Gasteiger partial charge in [-0.15, -0.1) is 0 Å². The van der Waals surface area contributed by atoms with E-state index in [0.717, 1.165) is 6.07 Å². The minimum atomic E-state index is -4.70. The highest BCUT2D eigenvalue weighted by atomic mass is 19.4. The molecule has 0 unspecified atom stereocenters. The van der Waals surface area contributed by atoms with E-state index in [2.05, 4.69) is 4.99 Å². The van der Waals surface area contributed by atoms with Crippen LogP contribution >= 0.6 is 0 Å². The van der Waals surface area contributed by atoms with E-state index in [1.807, 2.05) is 0 Å². The lowest BCUT2D eigenvalue weighted by atomic mass is 10.1. The Kier molecular flexibility index (Phi) is 6.56. The molecule has 4 N–H and O–H groups in total. The van der Waals surface area contributed by atoms with Crippen LogP contribution in [0, 0.1) is 0 Å². The Morgan fingerprint density at radius 1 is 1.03 bits per heavy atom. The molecule has 1 fully saturated rings. The topological polar surface area (TPSA) is 114 Å². The number of rotatable bonds is 4. The molecule has 0 saturated carbocycles. The van der Waals surface area contributed by atoms with Crippen molar-refractivity contribution < 1.29 is 27.5 Å². The third-order valence-corrected chi connectivity index (χ3v) is 5.02. The minimum Gasteiger partial charge on any atom is -0.496 e. The summed E-state index contributed by atoms with van der Waals surface area (Å²) < 4.78 is 46.4. The molecule has 0 radical (unpaired) electrons. The van der Waals surface area contributed by atoms with Crippen molar-refractivity contribution in [3.63, 3.8) is 0 Å². The molecule has 2 aromatic rings. The van der Waals surface area contributed by atoms with Crippen molar-refractivity contribution in [3.05, 3.63) is 59.2 Å². The van der Waals surface area contributed by atoms with Gasteiger partial charge in [-0.25, -0.2) is 0 Å². The Balaban J connectivity index is 1.81. The predicted molar refractivity (Wildman–Crippen MR) is 113 cm³/mol. The highest BCUT2D eigenvalue weighted by Gasteiger charge is 2.36. The number of carbonyl (C=O) groups excluding carboxylic acids is 2. The standard InChI is InChI=1S/C21H22F3N5O3/c1-32-17-5-3-2-4-14(17)19(31)29-10-8-28(9-11-29)16-7-6-13(18(30)27-20(25)26)12-15(16)21(22,23)24/h2-7,12H,8-11H2,1H3,(H4,25,26,27,30). The number of nitrogens with zero attached hydrogens (tertiary/aromatic N) is 3. The van der Waals surface area contributed by atoms with Crippen molar-refractivity contribution in [1.29, 1.82) is 0 Å². The molecule has 170 valence electrons. The molecule has 1 heterocycles.